The fourth-order valence-electron chi connectivity index (χ4n) is 3.37. The maximum Gasteiger partial charge on any atom is 0.240 e. The van der Waals surface area contributed by atoms with E-state index >= 15 is 0 Å². The number of carbonyl (C=O) groups is 1. The SMILES string of the molecule is COc1nc(C)c(C(C)=O)cc1N=C(NO)N1CCN(c2ccc(C)cc2)CC1. The molecule has 0 atom stereocenters. The van der Waals surface area contributed by atoms with Crippen molar-refractivity contribution in [2.75, 3.05) is 38.2 Å². The molecule has 2 heterocycles. The molecule has 1 aromatic carbocycles. The summed E-state index contributed by atoms with van der Waals surface area (Å²) in [6.07, 6.45) is 0. The van der Waals surface area contributed by atoms with Crippen LogP contribution in [0.15, 0.2) is 35.3 Å². The van der Waals surface area contributed by atoms with Gasteiger partial charge in [0.05, 0.1) is 12.8 Å². The Balaban J connectivity index is 1.80. The Morgan fingerprint density at radius 3 is 2.38 bits per heavy atom. The van der Waals surface area contributed by atoms with Gasteiger partial charge in [-0.1, -0.05) is 17.7 Å². The number of anilines is 1. The highest BCUT2D eigenvalue weighted by atomic mass is 16.5. The largest absolute Gasteiger partial charge is 0.479 e. The first-order valence-electron chi connectivity index (χ1n) is 9.55. The van der Waals surface area contributed by atoms with Crippen molar-refractivity contribution >= 4 is 23.1 Å². The highest BCUT2D eigenvalue weighted by molar-refractivity contribution is 5.96. The third-order valence-corrected chi connectivity index (χ3v) is 5.04. The normalized spacial score (nSPS) is 14.7. The fraction of sp³-hybridized carbons (Fsp3) is 0.381. The molecule has 0 aliphatic carbocycles. The van der Waals surface area contributed by atoms with Crippen molar-refractivity contribution in [3.05, 3.63) is 47.2 Å². The number of hydrogen-bond acceptors (Lipinski definition) is 6. The second-order valence-corrected chi connectivity index (χ2v) is 7.06. The van der Waals surface area contributed by atoms with Gasteiger partial charge in [0.2, 0.25) is 11.8 Å². The number of ketones is 1. The van der Waals surface area contributed by atoms with E-state index in [2.05, 4.69) is 51.5 Å². The summed E-state index contributed by atoms with van der Waals surface area (Å²) in [5, 5.41) is 9.69. The van der Waals surface area contributed by atoms with Gasteiger partial charge in [-0.3, -0.25) is 10.0 Å². The van der Waals surface area contributed by atoms with Crippen LogP contribution in [-0.2, 0) is 0 Å². The zero-order valence-corrected chi connectivity index (χ0v) is 17.3. The van der Waals surface area contributed by atoms with Crippen LogP contribution in [0.3, 0.4) is 0 Å². The van der Waals surface area contributed by atoms with Crippen molar-refractivity contribution in [2.45, 2.75) is 20.8 Å². The number of Topliss-reactive ketones (excluding diaryl/α,β-unsaturated/α-hetero) is 1. The number of nitrogens with one attached hydrogen (secondary N) is 1. The molecular formula is C21H27N5O3. The van der Waals surface area contributed by atoms with Crippen molar-refractivity contribution in [3.8, 4) is 5.88 Å². The number of carbonyl (C=O) groups excluding carboxylic acids is 1. The molecule has 1 aromatic heterocycles. The number of nitrogens with zero attached hydrogens (tertiary/aromatic N) is 4. The number of pyridine rings is 1. The molecule has 0 bridgehead atoms. The zero-order valence-electron chi connectivity index (χ0n) is 17.3. The Labute approximate surface area is 170 Å². The van der Waals surface area contributed by atoms with E-state index in [1.54, 1.807) is 13.0 Å². The molecule has 0 unspecified atom stereocenters. The predicted octanol–water partition coefficient (Wildman–Crippen LogP) is 2.70. The molecule has 1 aliphatic heterocycles. The molecule has 0 radical (unpaired) electrons. The summed E-state index contributed by atoms with van der Waals surface area (Å²) in [6.45, 7) is 8.27. The average molecular weight is 397 g/mol. The van der Waals surface area contributed by atoms with Crippen LogP contribution in [0.2, 0.25) is 0 Å². The number of aliphatic imine (C=N–C) groups is 1. The number of hydroxylamine groups is 1. The minimum atomic E-state index is -0.0978. The maximum atomic E-state index is 11.9. The van der Waals surface area contributed by atoms with Crippen molar-refractivity contribution < 1.29 is 14.7 Å². The standard InChI is InChI=1S/C21H27N5O3/c1-14-5-7-17(8-6-14)25-9-11-26(12-10-25)21(24-28)23-19-13-18(16(3)27)15(2)22-20(19)29-4/h5-8,13,28H,9-12H2,1-4H3,(H,23,24). The third-order valence-electron chi connectivity index (χ3n) is 5.04. The lowest BCUT2D eigenvalue weighted by atomic mass is 10.1. The lowest BCUT2D eigenvalue weighted by Gasteiger charge is -2.37. The summed E-state index contributed by atoms with van der Waals surface area (Å²) in [6, 6.07) is 10.1. The van der Waals surface area contributed by atoms with E-state index in [0.29, 0.717) is 41.9 Å². The molecule has 29 heavy (non-hydrogen) atoms. The molecule has 154 valence electrons. The van der Waals surface area contributed by atoms with E-state index in [0.717, 1.165) is 13.1 Å². The molecular weight excluding hydrogens is 370 g/mol. The Kier molecular flexibility index (Phi) is 6.33. The number of benzene rings is 1. The zero-order chi connectivity index (χ0) is 21.0. The highest BCUT2D eigenvalue weighted by Gasteiger charge is 2.21. The van der Waals surface area contributed by atoms with E-state index in [1.165, 1.54) is 25.3 Å². The van der Waals surface area contributed by atoms with E-state index in [-0.39, 0.29) is 5.78 Å². The lowest BCUT2D eigenvalue weighted by Crippen LogP contribution is -2.52. The Bertz CT molecular complexity index is 903. The first-order chi connectivity index (χ1) is 13.9. The molecule has 2 N–H and O–H groups in total. The van der Waals surface area contributed by atoms with Crippen LogP contribution >= 0.6 is 0 Å². The van der Waals surface area contributed by atoms with Crippen LogP contribution in [0.1, 0.15) is 28.5 Å². The summed E-state index contributed by atoms with van der Waals surface area (Å²) < 4.78 is 5.31. The molecule has 0 spiro atoms. The van der Waals surface area contributed by atoms with Crippen LogP contribution in [0, 0.1) is 13.8 Å². The topological polar surface area (TPSA) is 90.3 Å². The fourth-order valence-corrected chi connectivity index (χ4v) is 3.37. The highest BCUT2D eigenvalue weighted by Crippen LogP contribution is 2.28. The van der Waals surface area contributed by atoms with Crippen LogP contribution in [0.4, 0.5) is 11.4 Å². The van der Waals surface area contributed by atoms with Gasteiger partial charge in [-0.25, -0.2) is 15.5 Å². The Morgan fingerprint density at radius 2 is 1.83 bits per heavy atom. The molecule has 0 amide bonds. The van der Waals surface area contributed by atoms with Crippen LogP contribution in [0.25, 0.3) is 0 Å². The summed E-state index contributed by atoms with van der Waals surface area (Å²) in [5.41, 5.74) is 6.05. The van der Waals surface area contributed by atoms with Crippen LogP contribution in [-0.4, -0.2) is 60.1 Å². The first kappa shape index (κ1) is 20.6. The van der Waals surface area contributed by atoms with Gasteiger partial charge in [0.25, 0.3) is 0 Å². The number of piperazine rings is 1. The van der Waals surface area contributed by atoms with Gasteiger partial charge in [0.1, 0.15) is 5.69 Å². The number of aromatic nitrogens is 1. The minimum absolute atomic E-state index is 0.0978. The van der Waals surface area contributed by atoms with Gasteiger partial charge in [0, 0.05) is 37.4 Å². The third kappa shape index (κ3) is 4.65. The van der Waals surface area contributed by atoms with Crippen molar-refractivity contribution in [1.29, 1.82) is 0 Å². The van der Waals surface area contributed by atoms with Gasteiger partial charge in [-0.15, -0.1) is 0 Å². The summed E-state index contributed by atoms with van der Waals surface area (Å²) >= 11 is 0. The number of guanidine groups is 1. The molecule has 0 saturated carbocycles. The van der Waals surface area contributed by atoms with E-state index in [9.17, 15) is 10.0 Å². The molecule has 2 aromatic rings. The van der Waals surface area contributed by atoms with Gasteiger partial charge >= 0.3 is 0 Å². The van der Waals surface area contributed by atoms with Crippen LogP contribution < -0.4 is 15.1 Å². The molecule has 8 nitrogen and oxygen atoms in total. The lowest BCUT2D eigenvalue weighted by molar-refractivity contribution is 0.101. The van der Waals surface area contributed by atoms with Crippen LogP contribution in [0.5, 0.6) is 5.88 Å². The van der Waals surface area contributed by atoms with Crippen molar-refractivity contribution in [1.82, 2.24) is 15.4 Å². The molecule has 1 fully saturated rings. The number of hydrogen-bond donors (Lipinski definition) is 2. The molecule has 8 heteroatoms. The Hall–Kier alpha value is -3.13. The number of ether oxygens (including phenoxy) is 1. The molecule has 1 aliphatic rings. The van der Waals surface area contributed by atoms with Crippen molar-refractivity contribution in [3.63, 3.8) is 0 Å². The summed E-state index contributed by atoms with van der Waals surface area (Å²) in [7, 11) is 1.50. The quantitative estimate of drug-likeness (QED) is 0.355. The molecule has 3 rings (SSSR count). The van der Waals surface area contributed by atoms with E-state index in [4.69, 9.17) is 4.74 Å². The summed E-state index contributed by atoms with van der Waals surface area (Å²) in [4.78, 5) is 24.9. The summed E-state index contributed by atoms with van der Waals surface area (Å²) in [5.74, 6) is 0.505. The number of rotatable bonds is 4. The monoisotopic (exact) mass is 397 g/mol. The predicted molar refractivity (Wildman–Crippen MR) is 113 cm³/mol. The van der Waals surface area contributed by atoms with Gasteiger partial charge in [-0.2, -0.15) is 0 Å². The van der Waals surface area contributed by atoms with E-state index in [1.807, 2.05) is 4.90 Å². The number of aryl methyl sites for hydroxylation is 2. The van der Waals surface area contributed by atoms with Crippen molar-refractivity contribution in [2.24, 2.45) is 4.99 Å². The van der Waals surface area contributed by atoms with Gasteiger partial charge in [0.15, 0.2) is 5.78 Å². The minimum Gasteiger partial charge on any atom is -0.479 e. The second-order valence-electron chi connectivity index (χ2n) is 7.06. The number of methoxy groups -OCH3 is 1. The van der Waals surface area contributed by atoms with Gasteiger partial charge < -0.3 is 14.5 Å². The first-order valence-corrected chi connectivity index (χ1v) is 9.55. The molecule has 1 saturated heterocycles. The second kappa shape index (κ2) is 8.91. The Morgan fingerprint density at radius 1 is 1.17 bits per heavy atom. The van der Waals surface area contributed by atoms with E-state index < -0.39 is 0 Å². The average Bonchev–Trinajstić information content (AvgIpc) is 2.73. The smallest absolute Gasteiger partial charge is 0.240 e. The maximum absolute atomic E-state index is 11.9. The van der Waals surface area contributed by atoms with Gasteiger partial charge in [-0.05, 0) is 39.0 Å².